The Balaban J connectivity index is 1.50. The molecule has 8 nitrogen and oxygen atoms in total. The number of hydrogen-bond donors (Lipinski definition) is 1. The van der Waals surface area contributed by atoms with Gasteiger partial charge in [-0.25, -0.2) is 0 Å². The van der Waals surface area contributed by atoms with E-state index in [1.165, 1.54) is 0 Å². The third-order valence-corrected chi connectivity index (χ3v) is 4.68. The van der Waals surface area contributed by atoms with Crippen LogP contribution in [-0.4, -0.2) is 67.5 Å². The molecule has 0 aliphatic carbocycles. The second-order valence-electron chi connectivity index (χ2n) is 6.45. The Bertz CT molecular complexity index is 670. The van der Waals surface area contributed by atoms with Crippen molar-refractivity contribution in [1.82, 2.24) is 15.3 Å². The summed E-state index contributed by atoms with van der Waals surface area (Å²) in [6.45, 7) is 3.14. The minimum Gasteiger partial charge on any atom is -0.495 e. The van der Waals surface area contributed by atoms with Crippen molar-refractivity contribution < 1.29 is 19.1 Å². The maximum absolute atomic E-state index is 12.2. The molecule has 2 heterocycles. The molecule has 2 aliphatic heterocycles. The summed E-state index contributed by atoms with van der Waals surface area (Å²) in [6, 6.07) is 7.87. The summed E-state index contributed by atoms with van der Waals surface area (Å²) in [5, 5.41) is 0.872. The van der Waals surface area contributed by atoms with Crippen molar-refractivity contribution in [2.75, 3.05) is 44.7 Å². The third-order valence-electron chi connectivity index (χ3n) is 4.68. The number of methoxy groups -OCH3 is 1. The fourth-order valence-corrected chi connectivity index (χ4v) is 3.28. The van der Waals surface area contributed by atoms with Crippen LogP contribution in [0.3, 0.4) is 0 Å². The Kier molecular flexibility index (Phi) is 5.72. The lowest BCUT2D eigenvalue weighted by Gasteiger charge is -2.36. The van der Waals surface area contributed by atoms with E-state index in [-0.39, 0.29) is 24.3 Å². The molecule has 0 atom stereocenters. The SMILES string of the molecule is COc1ccccc1N1CCN(CC(=O)NN2C(=O)CCCC2=O)CC1. The van der Waals surface area contributed by atoms with Crippen molar-refractivity contribution >= 4 is 23.4 Å². The van der Waals surface area contributed by atoms with E-state index in [1.54, 1.807) is 7.11 Å². The summed E-state index contributed by atoms with van der Waals surface area (Å²) in [4.78, 5) is 39.9. The van der Waals surface area contributed by atoms with E-state index in [9.17, 15) is 14.4 Å². The van der Waals surface area contributed by atoms with Crippen LogP contribution in [0.2, 0.25) is 0 Å². The van der Waals surface area contributed by atoms with E-state index in [4.69, 9.17) is 4.74 Å². The molecular weight excluding hydrogens is 336 g/mol. The molecule has 0 saturated carbocycles. The molecule has 1 aromatic carbocycles. The average Bonchev–Trinajstić information content (AvgIpc) is 2.65. The largest absolute Gasteiger partial charge is 0.495 e. The Labute approximate surface area is 152 Å². The first-order valence-electron chi connectivity index (χ1n) is 8.84. The smallest absolute Gasteiger partial charge is 0.253 e. The number of carbonyl (C=O) groups is 3. The molecule has 0 unspecified atom stereocenters. The van der Waals surface area contributed by atoms with Crippen LogP contribution in [-0.2, 0) is 14.4 Å². The number of rotatable bonds is 5. The van der Waals surface area contributed by atoms with Crippen LogP contribution in [0.4, 0.5) is 5.69 Å². The molecule has 3 rings (SSSR count). The number of benzene rings is 1. The number of ether oxygens (including phenoxy) is 1. The van der Waals surface area contributed by atoms with Gasteiger partial charge < -0.3 is 9.64 Å². The van der Waals surface area contributed by atoms with Crippen molar-refractivity contribution in [3.63, 3.8) is 0 Å². The van der Waals surface area contributed by atoms with Crippen LogP contribution < -0.4 is 15.1 Å². The lowest BCUT2D eigenvalue weighted by atomic mass is 10.1. The lowest BCUT2D eigenvalue weighted by Crippen LogP contribution is -2.55. The minimum atomic E-state index is -0.337. The number of hydrazine groups is 1. The molecule has 26 heavy (non-hydrogen) atoms. The molecule has 0 aromatic heterocycles. The summed E-state index contributed by atoms with van der Waals surface area (Å²) in [5.74, 6) is -0.175. The van der Waals surface area contributed by atoms with E-state index in [0.717, 1.165) is 29.5 Å². The van der Waals surface area contributed by atoms with E-state index in [0.29, 0.717) is 32.4 Å². The first kappa shape index (κ1) is 18.2. The van der Waals surface area contributed by atoms with Crippen molar-refractivity contribution in [2.45, 2.75) is 19.3 Å². The van der Waals surface area contributed by atoms with Gasteiger partial charge in [0.25, 0.3) is 5.91 Å². The monoisotopic (exact) mass is 360 g/mol. The number of para-hydroxylation sites is 2. The van der Waals surface area contributed by atoms with Gasteiger partial charge in [-0.15, -0.1) is 0 Å². The van der Waals surface area contributed by atoms with Gasteiger partial charge in [0.15, 0.2) is 0 Å². The molecule has 3 amide bonds. The van der Waals surface area contributed by atoms with Gasteiger partial charge in [0.05, 0.1) is 19.3 Å². The number of anilines is 1. The van der Waals surface area contributed by atoms with Crippen LogP contribution in [0.1, 0.15) is 19.3 Å². The van der Waals surface area contributed by atoms with E-state index in [1.807, 2.05) is 29.2 Å². The summed E-state index contributed by atoms with van der Waals surface area (Å²) in [6.07, 6.45) is 1.14. The van der Waals surface area contributed by atoms with Crippen molar-refractivity contribution in [3.05, 3.63) is 24.3 Å². The van der Waals surface area contributed by atoms with Gasteiger partial charge in [0.2, 0.25) is 11.8 Å². The highest BCUT2D eigenvalue weighted by Gasteiger charge is 2.28. The molecule has 2 fully saturated rings. The molecular formula is C18H24N4O4. The number of hydrogen-bond acceptors (Lipinski definition) is 6. The van der Waals surface area contributed by atoms with Gasteiger partial charge in [0, 0.05) is 39.0 Å². The molecule has 2 aliphatic rings. The number of carbonyl (C=O) groups excluding carboxylic acids is 3. The van der Waals surface area contributed by atoms with Crippen LogP contribution in [0.15, 0.2) is 24.3 Å². The van der Waals surface area contributed by atoms with Crippen LogP contribution >= 0.6 is 0 Å². The molecule has 0 radical (unpaired) electrons. The van der Waals surface area contributed by atoms with Crippen LogP contribution in [0.25, 0.3) is 0 Å². The second-order valence-corrected chi connectivity index (χ2v) is 6.45. The fourth-order valence-electron chi connectivity index (χ4n) is 3.28. The summed E-state index contributed by atoms with van der Waals surface area (Å²) in [5.41, 5.74) is 3.49. The second kappa shape index (κ2) is 8.18. The van der Waals surface area contributed by atoms with Crippen LogP contribution in [0.5, 0.6) is 5.75 Å². The van der Waals surface area contributed by atoms with E-state index in [2.05, 4.69) is 10.3 Å². The predicted octanol–water partition coefficient (Wildman–Crippen LogP) is 0.387. The maximum Gasteiger partial charge on any atom is 0.253 e. The topological polar surface area (TPSA) is 82.2 Å². The summed E-state index contributed by atoms with van der Waals surface area (Å²) < 4.78 is 5.41. The molecule has 1 aromatic rings. The van der Waals surface area contributed by atoms with Crippen LogP contribution in [0, 0.1) is 0 Å². The standard InChI is InChI=1S/C18H24N4O4/c1-26-15-6-3-2-5-14(15)21-11-9-20(10-12-21)13-16(23)19-22-17(24)7-4-8-18(22)25/h2-3,5-6H,4,7-13H2,1H3,(H,19,23). The van der Waals surface area contributed by atoms with Crippen molar-refractivity contribution in [1.29, 1.82) is 0 Å². The van der Waals surface area contributed by atoms with Crippen molar-refractivity contribution in [3.8, 4) is 5.75 Å². The Morgan fingerprint density at radius 3 is 2.38 bits per heavy atom. The van der Waals surface area contributed by atoms with Gasteiger partial charge in [-0.1, -0.05) is 12.1 Å². The minimum absolute atomic E-state index is 0.164. The molecule has 0 bridgehead atoms. The number of amides is 3. The highest BCUT2D eigenvalue weighted by molar-refractivity contribution is 5.99. The number of imide groups is 1. The van der Waals surface area contributed by atoms with Gasteiger partial charge in [-0.2, -0.15) is 5.01 Å². The molecule has 2 saturated heterocycles. The highest BCUT2D eigenvalue weighted by atomic mass is 16.5. The number of piperazine rings is 1. The van der Waals surface area contributed by atoms with E-state index >= 15 is 0 Å². The van der Waals surface area contributed by atoms with Crippen molar-refractivity contribution in [2.24, 2.45) is 0 Å². The average molecular weight is 360 g/mol. The molecule has 8 heteroatoms. The summed E-state index contributed by atoms with van der Waals surface area (Å²) in [7, 11) is 1.66. The number of nitrogens with one attached hydrogen (secondary N) is 1. The highest BCUT2D eigenvalue weighted by Crippen LogP contribution is 2.28. The Morgan fingerprint density at radius 2 is 1.73 bits per heavy atom. The zero-order valence-corrected chi connectivity index (χ0v) is 14.9. The maximum atomic E-state index is 12.2. The quantitative estimate of drug-likeness (QED) is 0.765. The Hall–Kier alpha value is -2.61. The molecule has 1 N–H and O–H groups in total. The lowest BCUT2D eigenvalue weighted by molar-refractivity contribution is -0.156. The number of piperidine rings is 1. The zero-order valence-electron chi connectivity index (χ0n) is 14.9. The molecule has 0 spiro atoms. The third kappa shape index (κ3) is 4.13. The van der Waals surface area contributed by atoms with Gasteiger partial charge in [-0.05, 0) is 18.6 Å². The predicted molar refractivity (Wildman–Crippen MR) is 95.5 cm³/mol. The first-order chi connectivity index (χ1) is 12.6. The van der Waals surface area contributed by atoms with E-state index < -0.39 is 0 Å². The fraction of sp³-hybridized carbons (Fsp3) is 0.500. The van der Waals surface area contributed by atoms with Gasteiger partial charge in [0.1, 0.15) is 5.75 Å². The first-order valence-corrected chi connectivity index (χ1v) is 8.84. The van der Waals surface area contributed by atoms with Gasteiger partial charge in [-0.3, -0.25) is 24.7 Å². The Morgan fingerprint density at radius 1 is 1.08 bits per heavy atom. The molecule has 140 valence electrons. The zero-order chi connectivity index (χ0) is 18.5. The van der Waals surface area contributed by atoms with Gasteiger partial charge >= 0.3 is 0 Å². The normalized spacial score (nSPS) is 18.8. The number of nitrogens with zero attached hydrogens (tertiary/aromatic N) is 3. The summed E-state index contributed by atoms with van der Waals surface area (Å²) >= 11 is 0.